The van der Waals surface area contributed by atoms with Crippen LogP contribution in [0, 0.1) is 0 Å². The van der Waals surface area contributed by atoms with Gasteiger partial charge in [0, 0.05) is 22.7 Å². The van der Waals surface area contributed by atoms with Crippen LogP contribution >= 0.6 is 26.6 Å². The van der Waals surface area contributed by atoms with E-state index in [4.69, 9.17) is 20.2 Å². The monoisotopic (exact) mass is 340 g/mol. The van der Waals surface area contributed by atoms with Gasteiger partial charge in [-0.25, -0.2) is 8.42 Å². The lowest BCUT2D eigenvalue weighted by Gasteiger charge is -2.12. The van der Waals surface area contributed by atoms with Crippen molar-refractivity contribution in [3.63, 3.8) is 0 Å². The molecule has 0 fully saturated rings. The Hall–Kier alpha value is -0.460. The molecule has 0 saturated heterocycles. The molecule has 0 saturated carbocycles. The molecule has 0 aromatic heterocycles. The zero-order chi connectivity index (χ0) is 12.5. The van der Waals surface area contributed by atoms with E-state index in [9.17, 15) is 8.42 Å². The van der Waals surface area contributed by atoms with Gasteiger partial charge >= 0.3 is 0 Å². The smallest absolute Gasteiger partial charge is 0.236 e. The van der Waals surface area contributed by atoms with Crippen LogP contribution < -0.4 is 9.47 Å². The summed E-state index contributed by atoms with van der Waals surface area (Å²) in [5.74, 6) is 0.731. The zero-order valence-electron chi connectivity index (χ0n) is 8.78. The van der Waals surface area contributed by atoms with Gasteiger partial charge in [-0.2, -0.15) is 0 Å². The lowest BCUT2D eigenvalue weighted by atomic mass is 10.2. The minimum absolute atomic E-state index is 0.270. The standard InChI is InChI=1S/C10H10BrClO4S/c11-8-3-2-7(6-17(12,13)14)9-10(8)16-5-1-4-15-9/h2-3H,1,4-6H2. The van der Waals surface area contributed by atoms with E-state index in [2.05, 4.69) is 15.9 Å². The first-order valence-electron chi connectivity index (χ1n) is 4.97. The van der Waals surface area contributed by atoms with Gasteiger partial charge in [0.15, 0.2) is 11.5 Å². The molecule has 0 radical (unpaired) electrons. The van der Waals surface area contributed by atoms with Gasteiger partial charge in [-0.1, -0.05) is 6.07 Å². The van der Waals surface area contributed by atoms with Gasteiger partial charge in [0.1, 0.15) is 0 Å². The molecule has 1 aliphatic heterocycles. The van der Waals surface area contributed by atoms with Gasteiger partial charge < -0.3 is 9.47 Å². The molecular weight excluding hydrogens is 332 g/mol. The maximum atomic E-state index is 11.1. The molecule has 0 aliphatic carbocycles. The SMILES string of the molecule is O=S(=O)(Cl)Cc1ccc(Br)c2c1OCCCO2. The van der Waals surface area contributed by atoms with Crippen molar-refractivity contribution in [3.05, 3.63) is 22.2 Å². The highest BCUT2D eigenvalue weighted by molar-refractivity contribution is 9.10. The summed E-state index contributed by atoms with van der Waals surface area (Å²) in [4.78, 5) is 0. The van der Waals surface area contributed by atoms with E-state index in [0.29, 0.717) is 30.3 Å². The van der Waals surface area contributed by atoms with E-state index < -0.39 is 9.05 Å². The fraction of sp³-hybridized carbons (Fsp3) is 0.400. The van der Waals surface area contributed by atoms with Crippen LogP contribution in [0.15, 0.2) is 16.6 Å². The second kappa shape index (κ2) is 5.04. The Bertz CT molecular complexity index is 529. The van der Waals surface area contributed by atoms with Crippen LogP contribution in [0.5, 0.6) is 11.5 Å². The number of benzene rings is 1. The van der Waals surface area contributed by atoms with Crippen LogP contribution in [0.3, 0.4) is 0 Å². The van der Waals surface area contributed by atoms with Crippen molar-refractivity contribution >= 4 is 35.7 Å². The second-order valence-corrected chi connectivity index (χ2v) is 7.23. The van der Waals surface area contributed by atoms with Gasteiger partial charge in [-0.05, 0) is 22.0 Å². The topological polar surface area (TPSA) is 52.6 Å². The summed E-state index contributed by atoms with van der Waals surface area (Å²) in [5, 5.41) is 0. The quantitative estimate of drug-likeness (QED) is 0.776. The highest BCUT2D eigenvalue weighted by atomic mass is 79.9. The summed E-state index contributed by atoms with van der Waals surface area (Å²) < 4.78 is 34.0. The molecule has 0 unspecified atom stereocenters. The van der Waals surface area contributed by atoms with Gasteiger partial charge in [0.25, 0.3) is 0 Å². The summed E-state index contributed by atoms with van der Waals surface area (Å²) in [6, 6.07) is 3.39. The van der Waals surface area contributed by atoms with Crippen LogP contribution in [0.25, 0.3) is 0 Å². The number of fused-ring (bicyclic) bond motifs is 1. The van der Waals surface area contributed by atoms with E-state index in [1.165, 1.54) is 0 Å². The summed E-state index contributed by atoms with van der Waals surface area (Å²) in [6.45, 7) is 1.04. The summed E-state index contributed by atoms with van der Waals surface area (Å²) in [7, 11) is 1.64. The Balaban J connectivity index is 2.47. The molecule has 1 heterocycles. The molecule has 94 valence electrons. The first-order valence-corrected chi connectivity index (χ1v) is 8.24. The third-order valence-electron chi connectivity index (χ3n) is 2.26. The Labute approximate surface area is 112 Å². The molecule has 1 aliphatic rings. The van der Waals surface area contributed by atoms with Crippen LogP contribution in [-0.2, 0) is 14.8 Å². The second-order valence-electron chi connectivity index (χ2n) is 3.60. The lowest BCUT2D eigenvalue weighted by molar-refractivity contribution is 0.296. The first-order chi connectivity index (χ1) is 7.97. The molecule has 0 atom stereocenters. The zero-order valence-corrected chi connectivity index (χ0v) is 11.9. The average molecular weight is 342 g/mol. The molecule has 17 heavy (non-hydrogen) atoms. The predicted octanol–water partition coefficient (Wildman–Crippen LogP) is 2.68. The van der Waals surface area contributed by atoms with Crippen LogP contribution in [-0.4, -0.2) is 21.6 Å². The van der Waals surface area contributed by atoms with Gasteiger partial charge in [0.05, 0.1) is 23.4 Å². The molecule has 0 bridgehead atoms. The third-order valence-corrected chi connectivity index (χ3v) is 3.86. The fourth-order valence-electron chi connectivity index (χ4n) is 1.58. The molecule has 7 heteroatoms. The molecule has 1 aromatic rings. The van der Waals surface area contributed by atoms with Crippen molar-refractivity contribution in [1.29, 1.82) is 0 Å². The molecule has 0 amide bonds. The normalized spacial score (nSPS) is 15.4. The highest BCUT2D eigenvalue weighted by Crippen LogP contribution is 2.40. The molecule has 4 nitrogen and oxygen atoms in total. The highest BCUT2D eigenvalue weighted by Gasteiger charge is 2.20. The maximum Gasteiger partial charge on any atom is 0.236 e. The minimum atomic E-state index is -3.61. The Kier molecular flexibility index (Phi) is 3.85. The largest absolute Gasteiger partial charge is 0.489 e. The molecule has 1 aromatic carbocycles. The maximum absolute atomic E-state index is 11.1. The van der Waals surface area contributed by atoms with Gasteiger partial charge in [-0.15, -0.1) is 0 Å². The van der Waals surface area contributed by atoms with E-state index >= 15 is 0 Å². The van der Waals surface area contributed by atoms with Crippen LogP contribution in [0.4, 0.5) is 0 Å². The van der Waals surface area contributed by atoms with E-state index in [0.717, 1.165) is 10.9 Å². The molecular formula is C10H10BrClO4S. The molecule has 0 N–H and O–H groups in total. The minimum Gasteiger partial charge on any atom is -0.489 e. The van der Waals surface area contributed by atoms with Crippen molar-refractivity contribution in [1.82, 2.24) is 0 Å². The van der Waals surface area contributed by atoms with Crippen LogP contribution in [0.1, 0.15) is 12.0 Å². The number of hydrogen-bond acceptors (Lipinski definition) is 4. The fourth-order valence-corrected chi connectivity index (χ4v) is 2.96. The van der Waals surface area contributed by atoms with Crippen molar-refractivity contribution < 1.29 is 17.9 Å². The Morgan fingerprint density at radius 1 is 1.24 bits per heavy atom. The lowest BCUT2D eigenvalue weighted by Crippen LogP contribution is -2.01. The number of rotatable bonds is 2. The summed E-state index contributed by atoms with van der Waals surface area (Å²) >= 11 is 3.34. The van der Waals surface area contributed by atoms with Crippen molar-refractivity contribution in [2.75, 3.05) is 13.2 Å². The predicted molar refractivity (Wildman–Crippen MR) is 68.2 cm³/mol. The van der Waals surface area contributed by atoms with E-state index in [1.807, 2.05) is 0 Å². The summed E-state index contributed by atoms with van der Waals surface area (Å²) in [5.41, 5.74) is 0.514. The third kappa shape index (κ3) is 3.26. The van der Waals surface area contributed by atoms with Gasteiger partial charge in [-0.3, -0.25) is 0 Å². The molecule has 0 spiro atoms. The van der Waals surface area contributed by atoms with Crippen molar-refractivity contribution in [3.8, 4) is 11.5 Å². The number of hydrogen-bond donors (Lipinski definition) is 0. The van der Waals surface area contributed by atoms with E-state index in [1.54, 1.807) is 12.1 Å². The Morgan fingerprint density at radius 2 is 1.88 bits per heavy atom. The van der Waals surface area contributed by atoms with Gasteiger partial charge in [0.2, 0.25) is 9.05 Å². The first kappa shape index (κ1) is 13.0. The Morgan fingerprint density at radius 3 is 2.53 bits per heavy atom. The number of halogens is 2. The average Bonchev–Trinajstić information content (AvgIpc) is 2.46. The number of ether oxygens (including phenoxy) is 2. The van der Waals surface area contributed by atoms with Crippen molar-refractivity contribution in [2.24, 2.45) is 0 Å². The van der Waals surface area contributed by atoms with Crippen LogP contribution in [0.2, 0.25) is 0 Å². The molecule has 2 rings (SSSR count). The summed E-state index contributed by atoms with van der Waals surface area (Å²) in [6.07, 6.45) is 0.758. The van der Waals surface area contributed by atoms with E-state index in [-0.39, 0.29) is 5.75 Å². The van der Waals surface area contributed by atoms with Crippen molar-refractivity contribution in [2.45, 2.75) is 12.2 Å².